The molecule has 5 N–H and O–H groups in total. The summed E-state index contributed by atoms with van der Waals surface area (Å²) < 4.78 is 7.11. The molecule has 130 valence electrons. The summed E-state index contributed by atoms with van der Waals surface area (Å²) in [5, 5.41) is 31.1. The van der Waals surface area contributed by atoms with Crippen LogP contribution >= 0.6 is 0 Å². The Morgan fingerprint density at radius 3 is 3.00 bits per heavy atom. The summed E-state index contributed by atoms with van der Waals surface area (Å²) in [5.74, 6) is 0.158. The number of ether oxygens (including phenoxy) is 1. The first-order chi connectivity index (χ1) is 11.6. The summed E-state index contributed by atoms with van der Waals surface area (Å²) >= 11 is 0. The second-order valence-electron chi connectivity index (χ2n) is 5.52. The lowest BCUT2D eigenvalue weighted by Gasteiger charge is -2.15. The Balaban J connectivity index is 1.97. The van der Waals surface area contributed by atoms with E-state index in [1.165, 1.54) is 17.0 Å². The second kappa shape index (κ2) is 6.69. The van der Waals surface area contributed by atoms with Crippen LogP contribution < -0.4 is 10.9 Å². The molecule has 4 atom stereocenters. The largest absolute Gasteiger partial charge is 0.394 e. The summed E-state index contributed by atoms with van der Waals surface area (Å²) in [5.41, 5.74) is -0.0395. The molecule has 1 aliphatic heterocycles. The maximum atomic E-state index is 12.1. The first-order valence-corrected chi connectivity index (χ1v) is 7.48. The molecule has 1 fully saturated rings. The number of rotatable bonds is 6. The van der Waals surface area contributed by atoms with Crippen molar-refractivity contribution in [2.45, 2.75) is 30.9 Å². The van der Waals surface area contributed by atoms with Crippen molar-refractivity contribution in [3.05, 3.63) is 29.3 Å². The predicted molar refractivity (Wildman–Crippen MR) is 84.5 cm³/mol. The number of hydrogen-bond acceptors (Lipinski definition) is 8. The lowest BCUT2D eigenvalue weighted by molar-refractivity contribution is -0.0432. The molecule has 2 aromatic heterocycles. The van der Waals surface area contributed by atoms with Gasteiger partial charge in [0.25, 0.3) is 5.56 Å². The van der Waals surface area contributed by atoms with Gasteiger partial charge in [0, 0.05) is 6.42 Å². The Bertz CT molecular complexity index is 787. The molecule has 10 nitrogen and oxygen atoms in total. The Morgan fingerprint density at radius 2 is 2.38 bits per heavy atom. The molecule has 0 spiro atoms. The van der Waals surface area contributed by atoms with E-state index in [2.05, 4.69) is 26.8 Å². The highest BCUT2D eigenvalue weighted by Crippen LogP contribution is 2.30. The number of H-pyrrole nitrogens is 1. The fraction of sp³-hybridized carbons (Fsp3) is 0.500. The molecule has 2 aromatic rings. The molecular formula is C14H19N5O5. The van der Waals surface area contributed by atoms with Gasteiger partial charge < -0.3 is 25.4 Å². The number of fused-ring (bicyclic) bond motifs is 1. The summed E-state index contributed by atoms with van der Waals surface area (Å²) in [7, 11) is 0. The normalized spacial score (nSPS) is 25.0. The molecule has 1 saturated heterocycles. The molecule has 0 unspecified atom stereocenters. The van der Waals surface area contributed by atoms with Crippen LogP contribution in [0.4, 0.5) is 5.95 Å². The molecule has 24 heavy (non-hydrogen) atoms. The van der Waals surface area contributed by atoms with Crippen molar-refractivity contribution in [2.24, 2.45) is 0 Å². The van der Waals surface area contributed by atoms with Crippen molar-refractivity contribution in [1.82, 2.24) is 19.5 Å². The van der Waals surface area contributed by atoms with Crippen LogP contribution in [0.5, 0.6) is 0 Å². The number of anilines is 1. The number of imidazole rings is 1. The molecule has 3 heterocycles. The Hall–Kier alpha value is -2.27. The lowest BCUT2D eigenvalue weighted by Crippen LogP contribution is -2.25. The zero-order chi connectivity index (χ0) is 17.3. The van der Waals surface area contributed by atoms with E-state index in [9.17, 15) is 20.1 Å². The predicted octanol–water partition coefficient (Wildman–Crippen LogP) is -1.28. The first-order valence-electron chi connectivity index (χ1n) is 7.48. The molecule has 0 aliphatic carbocycles. The third-order valence-electron chi connectivity index (χ3n) is 3.93. The van der Waals surface area contributed by atoms with Crippen molar-refractivity contribution < 1.29 is 20.1 Å². The standard InChI is InChI=1S/C14H19N5O5/c1-2-7(4-20)16-14-17-12-11(13(23)18-14)15-6-19(12)10-3-8(22)9(5-21)24-10/h2,6-10,20-22H,1,3-5H2,(H2,16,17,18,23)/t7-,8-,9+,10+/m0/s1. The van der Waals surface area contributed by atoms with Crippen molar-refractivity contribution in [2.75, 3.05) is 18.5 Å². The van der Waals surface area contributed by atoms with E-state index in [0.29, 0.717) is 0 Å². The number of aliphatic hydroxyl groups excluding tert-OH is 3. The van der Waals surface area contributed by atoms with Gasteiger partial charge in [-0.05, 0) is 0 Å². The molecule has 0 radical (unpaired) electrons. The van der Waals surface area contributed by atoms with Gasteiger partial charge in [0.2, 0.25) is 5.95 Å². The van der Waals surface area contributed by atoms with Crippen LogP contribution in [0.25, 0.3) is 11.2 Å². The van der Waals surface area contributed by atoms with Crippen LogP contribution in [-0.2, 0) is 4.74 Å². The monoisotopic (exact) mass is 337 g/mol. The van der Waals surface area contributed by atoms with Crippen LogP contribution in [0.3, 0.4) is 0 Å². The van der Waals surface area contributed by atoms with Gasteiger partial charge in [-0.15, -0.1) is 6.58 Å². The summed E-state index contributed by atoms with van der Waals surface area (Å²) in [6, 6.07) is -0.467. The van der Waals surface area contributed by atoms with E-state index >= 15 is 0 Å². The Labute approximate surface area is 136 Å². The van der Waals surface area contributed by atoms with Crippen LogP contribution in [-0.4, -0.2) is 66.3 Å². The van der Waals surface area contributed by atoms with Crippen molar-refractivity contribution in [3.8, 4) is 0 Å². The zero-order valence-corrected chi connectivity index (χ0v) is 12.8. The summed E-state index contributed by atoms with van der Waals surface area (Å²) in [6.45, 7) is 3.07. The minimum absolute atomic E-state index is 0.130. The van der Waals surface area contributed by atoms with Crippen LogP contribution in [0.1, 0.15) is 12.6 Å². The van der Waals surface area contributed by atoms with Gasteiger partial charge in [0.1, 0.15) is 12.3 Å². The lowest BCUT2D eigenvalue weighted by atomic mass is 10.2. The van der Waals surface area contributed by atoms with Crippen molar-refractivity contribution >= 4 is 17.1 Å². The van der Waals surface area contributed by atoms with Gasteiger partial charge in [0.05, 0.1) is 31.7 Å². The third-order valence-corrected chi connectivity index (χ3v) is 3.93. The number of nitrogens with one attached hydrogen (secondary N) is 2. The quantitative estimate of drug-likeness (QED) is 0.410. The van der Waals surface area contributed by atoms with Gasteiger partial charge >= 0.3 is 0 Å². The van der Waals surface area contributed by atoms with E-state index in [1.807, 2.05) is 0 Å². The fourth-order valence-corrected chi connectivity index (χ4v) is 2.61. The molecule has 0 aromatic carbocycles. The Morgan fingerprint density at radius 1 is 1.58 bits per heavy atom. The van der Waals surface area contributed by atoms with E-state index in [-0.39, 0.29) is 36.7 Å². The summed E-state index contributed by atoms with van der Waals surface area (Å²) in [6.07, 6.45) is 1.06. The highest BCUT2D eigenvalue weighted by Gasteiger charge is 2.35. The number of aromatic nitrogens is 4. The zero-order valence-electron chi connectivity index (χ0n) is 12.8. The number of nitrogens with zero attached hydrogens (tertiary/aromatic N) is 3. The summed E-state index contributed by atoms with van der Waals surface area (Å²) in [4.78, 5) is 23.0. The van der Waals surface area contributed by atoms with Gasteiger partial charge in [-0.3, -0.25) is 14.3 Å². The topological polar surface area (TPSA) is 146 Å². The van der Waals surface area contributed by atoms with Crippen LogP contribution in [0, 0.1) is 0 Å². The molecule has 3 rings (SSSR count). The van der Waals surface area contributed by atoms with Crippen molar-refractivity contribution in [3.63, 3.8) is 0 Å². The maximum absolute atomic E-state index is 12.1. The minimum atomic E-state index is -0.809. The van der Waals surface area contributed by atoms with E-state index in [0.717, 1.165) is 0 Å². The van der Waals surface area contributed by atoms with E-state index < -0.39 is 30.0 Å². The molecule has 10 heteroatoms. The maximum Gasteiger partial charge on any atom is 0.280 e. The second-order valence-corrected chi connectivity index (χ2v) is 5.52. The van der Waals surface area contributed by atoms with E-state index in [1.54, 1.807) is 0 Å². The average Bonchev–Trinajstić information content (AvgIpc) is 3.15. The molecule has 0 saturated carbocycles. The average molecular weight is 337 g/mol. The molecular weight excluding hydrogens is 318 g/mol. The number of hydrogen-bond donors (Lipinski definition) is 5. The SMILES string of the molecule is C=C[C@@H](CO)Nc1nc2c(ncn2[C@H]2C[C@H](O)[C@@H](CO)O2)c(=O)[nH]1. The van der Waals surface area contributed by atoms with Gasteiger partial charge in [-0.1, -0.05) is 6.08 Å². The van der Waals surface area contributed by atoms with Gasteiger partial charge in [0.15, 0.2) is 11.2 Å². The minimum Gasteiger partial charge on any atom is -0.394 e. The smallest absolute Gasteiger partial charge is 0.280 e. The molecule has 0 amide bonds. The third kappa shape index (κ3) is 2.91. The first kappa shape index (κ1) is 16.6. The number of aliphatic hydroxyl groups is 3. The van der Waals surface area contributed by atoms with Gasteiger partial charge in [-0.25, -0.2) is 4.98 Å². The number of aromatic amines is 1. The fourth-order valence-electron chi connectivity index (χ4n) is 2.61. The van der Waals surface area contributed by atoms with Crippen molar-refractivity contribution in [1.29, 1.82) is 0 Å². The highest BCUT2D eigenvalue weighted by molar-refractivity contribution is 5.71. The highest BCUT2D eigenvalue weighted by atomic mass is 16.5. The van der Waals surface area contributed by atoms with Gasteiger partial charge in [-0.2, -0.15) is 4.98 Å². The Kier molecular flexibility index (Phi) is 4.62. The molecule has 0 bridgehead atoms. The van der Waals surface area contributed by atoms with Crippen LogP contribution in [0.15, 0.2) is 23.8 Å². The molecule has 1 aliphatic rings. The van der Waals surface area contributed by atoms with E-state index in [4.69, 9.17) is 4.74 Å². The van der Waals surface area contributed by atoms with Crippen LogP contribution in [0.2, 0.25) is 0 Å².